The topological polar surface area (TPSA) is 149 Å². The summed E-state index contributed by atoms with van der Waals surface area (Å²) in [7, 11) is 1.44. The molecule has 11 nitrogen and oxygen atoms in total. The molecule has 0 atom stereocenters. The zero-order valence-corrected chi connectivity index (χ0v) is 20.3. The van der Waals surface area contributed by atoms with Crippen LogP contribution in [0, 0.1) is 16.0 Å². The Morgan fingerprint density at radius 3 is 2.35 bits per heavy atom. The van der Waals surface area contributed by atoms with E-state index in [-0.39, 0.29) is 34.3 Å². The van der Waals surface area contributed by atoms with Crippen molar-refractivity contribution in [1.82, 2.24) is 5.43 Å². The fourth-order valence-corrected chi connectivity index (χ4v) is 3.02. The first-order valence-electron chi connectivity index (χ1n) is 11.1. The molecule has 0 bridgehead atoms. The van der Waals surface area contributed by atoms with Gasteiger partial charge in [-0.1, -0.05) is 26.0 Å². The van der Waals surface area contributed by atoms with Gasteiger partial charge in [-0.2, -0.15) is 5.10 Å². The lowest BCUT2D eigenvalue weighted by Crippen LogP contribution is -2.19. The van der Waals surface area contributed by atoms with Crippen molar-refractivity contribution in [2.45, 2.75) is 13.8 Å². The van der Waals surface area contributed by atoms with Crippen LogP contribution in [0.3, 0.4) is 0 Å². The van der Waals surface area contributed by atoms with E-state index in [0.29, 0.717) is 11.4 Å². The smallest absolute Gasteiger partial charge is 0.343 e. The molecule has 0 aliphatic rings. The first-order chi connectivity index (χ1) is 17.7. The Morgan fingerprint density at radius 1 is 1.00 bits per heavy atom. The Morgan fingerprint density at radius 2 is 1.70 bits per heavy atom. The van der Waals surface area contributed by atoms with Crippen LogP contribution in [0.15, 0.2) is 71.8 Å². The van der Waals surface area contributed by atoms with Gasteiger partial charge in [-0.25, -0.2) is 10.2 Å². The molecule has 2 N–H and O–H groups in total. The number of nitrogens with one attached hydrogen (secondary N) is 2. The van der Waals surface area contributed by atoms with E-state index >= 15 is 0 Å². The number of benzene rings is 3. The number of nitro groups is 1. The molecular formula is C26H24N4O7. The van der Waals surface area contributed by atoms with E-state index in [9.17, 15) is 24.5 Å². The van der Waals surface area contributed by atoms with Crippen LogP contribution in [0.1, 0.15) is 40.1 Å². The van der Waals surface area contributed by atoms with Crippen molar-refractivity contribution in [3.05, 3.63) is 93.5 Å². The molecule has 37 heavy (non-hydrogen) atoms. The van der Waals surface area contributed by atoms with Crippen molar-refractivity contribution in [2.75, 3.05) is 12.4 Å². The number of methoxy groups -OCH3 is 1. The van der Waals surface area contributed by atoms with Gasteiger partial charge in [-0.05, 0) is 48.5 Å². The van der Waals surface area contributed by atoms with E-state index in [1.54, 1.807) is 38.1 Å². The molecule has 3 aromatic rings. The van der Waals surface area contributed by atoms with E-state index in [2.05, 4.69) is 15.8 Å². The first-order valence-corrected chi connectivity index (χ1v) is 11.1. The van der Waals surface area contributed by atoms with Crippen molar-refractivity contribution >= 4 is 35.4 Å². The second-order valence-corrected chi connectivity index (χ2v) is 7.99. The minimum atomic E-state index is -0.837. The Labute approximate surface area is 212 Å². The minimum absolute atomic E-state index is 0.0949. The fraction of sp³-hybridized carbons (Fsp3) is 0.154. The summed E-state index contributed by atoms with van der Waals surface area (Å²) in [6.07, 6.45) is 1.14. The molecule has 0 saturated carbocycles. The number of rotatable bonds is 9. The number of anilines is 1. The van der Waals surface area contributed by atoms with Crippen LogP contribution in [-0.2, 0) is 4.79 Å². The van der Waals surface area contributed by atoms with Crippen LogP contribution in [0.25, 0.3) is 0 Å². The average Bonchev–Trinajstić information content (AvgIpc) is 2.89. The highest BCUT2D eigenvalue weighted by Crippen LogP contribution is 2.31. The van der Waals surface area contributed by atoms with Crippen LogP contribution >= 0.6 is 0 Å². The predicted molar refractivity (Wildman–Crippen MR) is 136 cm³/mol. The molecule has 3 rings (SSSR count). The lowest BCUT2D eigenvalue weighted by Gasteiger charge is -2.09. The first kappa shape index (κ1) is 26.5. The average molecular weight is 504 g/mol. The number of hydrazone groups is 1. The predicted octanol–water partition coefficient (Wildman–Crippen LogP) is 4.18. The van der Waals surface area contributed by atoms with Crippen LogP contribution in [0.4, 0.5) is 11.4 Å². The number of para-hydroxylation sites is 1. The fourth-order valence-electron chi connectivity index (χ4n) is 3.02. The number of carbonyl (C=O) groups is 3. The molecule has 0 unspecified atom stereocenters. The summed E-state index contributed by atoms with van der Waals surface area (Å²) >= 11 is 0. The lowest BCUT2D eigenvalue weighted by atomic mass is 10.1. The normalized spacial score (nSPS) is 10.7. The third-order valence-corrected chi connectivity index (χ3v) is 5.03. The number of amides is 2. The molecule has 0 aliphatic carbocycles. The standard InChI is InChI=1S/C26H24N4O7/c1-16(2)24(31)28-20-12-10-17(11-13-20)25(32)29-27-15-19-7-5-9-22(30(34)35)23(19)37-26(33)18-6-4-8-21(14-18)36-3/h4-16H,1-3H3,(H,28,31)(H,29,32)/b27-15+. The number of carbonyl (C=O) groups excluding carboxylic acids is 3. The van der Waals surface area contributed by atoms with Gasteiger partial charge in [0, 0.05) is 28.8 Å². The van der Waals surface area contributed by atoms with Crippen molar-refractivity contribution < 1.29 is 28.8 Å². The van der Waals surface area contributed by atoms with Crippen molar-refractivity contribution in [1.29, 1.82) is 0 Å². The summed E-state index contributed by atoms with van der Waals surface area (Å²) in [4.78, 5) is 47.8. The van der Waals surface area contributed by atoms with E-state index in [1.165, 1.54) is 49.6 Å². The second-order valence-electron chi connectivity index (χ2n) is 7.99. The molecule has 11 heteroatoms. The van der Waals surface area contributed by atoms with Crippen molar-refractivity contribution in [3.63, 3.8) is 0 Å². The highest BCUT2D eigenvalue weighted by molar-refractivity contribution is 5.97. The number of nitro benzene ring substituents is 1. The molecule has 0 fully saturated rings. The maximum atomic E-state index is 12.7. The summed E-state index contributed by atoms with van der Waals surface area (Å²) in [6, 6.07) is 16.3. The third kappa shape index (κ3) is 6.98. The van der Waals surface area contributed by atoms with E-state index < -0.39 is 22.5 Å². The minimum Gasteiger partial charge on any atom is -0.497 e. The van der Waals surface area contributed by atoms with Gasteiger partial charge in [0.1, 0.15) is 5.75 Å². The largest absolute Gasteiger partial charge is 0.497 e. The number of hydrogen-bond donors (Lipinski definition) is 2. The van der Waals surface area contributed by atoms with Crippen LogP contribution in [-0.4, -0.2) is 36.0 Å². The summed E-state index contributed by atoms with van der Waals surface area (Å²) in [6.45, 7) is 3.53. The Bertz CT molecular complexity index is 1350. The van der Waals surface area contributed by atoms with Crippen LogP contribution in [0.2, 0.25) is 0 Å². The maximum absolute atomic E-state index is 12.7. The molecule has 0 aromatic heterocycles. The monoisotopic (exact) mass is 504 g/mol. The summed E-state index contributed by atoms with van der Waals surface area (Å²) in [5.74, 6) is -1.65. The molecule has 0 saturated heterocycles. The SMILES string of the molecule is COc1cccc(C(=O)Oc2c(/C=N/NC(=O)c3ccc(NC(=O)C(C)C)cc3)cccc2[N+](=O)[O-])c1. The van der Waals surface area contributed by atoms with Crippen LogP contribution in [0.5, 0.6) is 11.5 Å². The highest BCUT2D eigenvalue weighted by Gasteiger charge is 2.22. The summed E-state index contributed by atoms with van der Waals surface area (Å²) in [5, 5.41) is 18.1. The second kappa shape index (κ2) is 12.1. The quantitative estimate of drug-likeness (QED) is 0.146. The van der Waals surface area contributed by atoms with Gasteiger partial charge in [0.2, 0.25) is 11.7 Å². The van der Waals surface area contributed by atoms with Gasteiger partial charge in [-0.15, -0.1) is 0 Å². The molecule has 0 spiro atoms. The Hall–Kier alpha value is -5.06. The van der Waals surface area contributed by atoms with Gasteiger partial charge >= 0.3 is 11.7 Å². The number of hydrogen-bond acceptors (Lipinski definition) is 8. The Balaban J connectivity index is 1.76. The van der Waals surface area contributed by atoms with Crippen LogP contribution < -0.4 is 20.2 Å². The molecular weight excluding hydrogens is 480 g/mol. The van der Waals surface area contributed by atoms with Gasteiger partial charge in [0.25, 0.3) is 5.91 Å². The zero-order valence-electron chi connectivity index (χ0n) is 20.3. The molecule has 0 radical (unpaired) electrons. The molecule has 0 aliphatic heterocycles. The molecule has 2 amide bonds. The van der Waals surface area contributed by atoms with Crippen molar-refractivity contribution in [2.24, 2.45) is 11.0 Å². The van der Waals surface area contributed by atoms with E-state index in [0.717, 1.165) is 6.21 Å². The Kier molecular flexibility index (Phi) is 8.66. The summed E-state index contributed by atoms with van der Waals surface area (Å²) in [5.41, 5.74) is 2.89. The summed E-state index contributed by atoms with van der Waals surface area (Å²) < 4.78 is 10.4. The van der Waals surface area contributed by atoms with Gasteiger partial charge in [0.15, 0.2) is 0 Å². The highest BCUT2D eigenvalue weighted by atomic mass is 16.6. The molecule has 0 heterocycles. The van der Waals surface area contributed by atoms with Crippen molar-refractivity contribution in [3.8, 4) is 11.5 Å². The number of nitrogens with zero attached hydrogens (tertiary/aromatic N) is 2. The zero-order chi connectivity index (χ0) is 26.9. The van der Waals surface area contributed by atoms with Gasteiger partial charge in [0.05, 0.1) is 23.8 Å². The van der Waals surface area contributed by atoms with Gasteiger partial charge < -0.3 is 14.8 Å². The third-order valence-electron chi connectivity index (χ3n) is 5.03. The molecule has 190 valence electrons. The number of esters is 1. The molecule has 3 aromatic carbocycles. The van der Waals surface area contributed by atoms with E-state index in [1.807, 2.05) is 0 Å². The van der Waals surface area contributed by atoms with Gasteiger partial charge in [-0.3, -0.25) is 19.7 Å². The lowest BCUT2D eigenvalue weighted by molar-refractivity contribution is -0.385. The van der Waals surface area contributed by atoms with E-state index in [4.69, 9.17) is 9.47 Å². The number of ether oxygens (including phenoxy) is 2. The maximum Gasteiger partial charge on any atom is 0.343 e.